The molecule has 0 aliphatic heterocycles. The molecule has 5 nitrogen and oxygen atoms in total. The Labute approximate surface area is 144 Å². The van der Waals surface area contributed by atoms with E-state index in [1.807, 2.05) is 0 Å². The summed E-state index contributed by atoms with van der Waals surface area (Å²) in [5, 5.41) is 0. The summed E-state index contributed by atoms with van der Waals surface area (Å²) in [6.07, 6.45) is 1.50. The van der Waals surface area contributed by atoms with Crippen LogP contribution in [0.15, 0.2) is 50.7 Å². The van der Waals surface area contributed by atoms with Gasteiger partial charge in [0.25, 0.3) is 0 Å². The average molecular weight is 387 g/mol. The quantitative estimate of drug-likeness (QED) is 0.648. The van der Waals surface area contributed by atoms with E-state index < -0.39 is 43.8 Å². The van der Waals surface area contributed by atoms with Gasteiger partial charge in [-0.2, -0.15) is 0 Å². The van der Waals surface area contributed by atoms with Crippen molar-refractivity contribution in [2.75, 3.05) is 6.26 Å². The minimum absolute atomic E-state index is 0.148. The van der Waals surface area contributed by atoms with Crippen LogP contribution in [0.1, 0.15) is 0 Å². The molecule has 3 rings (SSSR count). The number of nitrogens with zero attached hydrogens (tertiary/aromatic N) is 1. The van der Waals surface area contributed by atoms with Crippen molar-refractivity contribution in [1.82, 2.24) is 4.57 Å². The Morgan fingerprint density at radius 2 is 1.54 bits per heavy atom. The highest BCUT2D eigenvalue weighted by Crippen LogP contribution is 2.28. The molecule has 0 amide bonds. The predicted octanol–water partition coefficient (Wildman–Crippen LogP) is 3.06. The van der Waals surface area contributed by atoms with Crippen molar-refractivity contribution in [1.29, 1.82) is 0 Å². The van der Waals surface area contributed by atoms with Crippen molar-refractivity contribution in [2.24, 2.45) is 0 Å². The van der Waals surface area contributed by atoms with E-state index in [0.29, 0.717) is 24.5 Å². The van der Waals surface area contributed by atoms with Gasteiger partial charge < -0.3 is 4.42 Å². The number of hydrogen-bond acceptors (Lipinski definition) is 4. The first-order valence-corrected chi connectivity index (χ1v) is 8.84. The summed E-state index contributed by atoms with van der Waals surface area (Å²) in [6, 6.07) is 3.92. The first kappa shape index (κ1) is 17.9. The Kier molecular flexibility index (Phi) is 4.23. The maximum Gasteiger partial charge on any atom is 0.424 e. The summed E-state index contributed by atoms with van der Waals surface area (Å²) in [4.78, 5) is 10.8. The van der Waals surface area contributed by atoms with Crippen LogP contribution in [0.3, 0.4) is 0 Å². The smallest absolute Gasteiger partial charge is 0.415 e. The van der Waals surface area contributed by atoms with Crippen molar-refractivity contribution in [3.63, 3.8) is 0 Å². The Balaban J connectivity index is 2.24. The molecule has 136 valence electrons. The largest absolute Gasteiger partial charge is 0.424 e. The summed E-state index contributed by atoms with van der Waals surface area (Å²) in [5.74, 6) is -6.15. The fourth-order valence-electron chi connectivity index (χ4n) is 2.44. The van der Waals surface area contributed by atoms with Crippen LogP contribution in [0.4, 0.5) is 17.6 Å². The van der Waals surface area contributed by atoms with Gasteiger partial charge in [-0.3, -0.25) is 0 Å². The van der Waals surface area contributed by atoms with Gasteiger partial charge in [-0.05, 0) is 24.3 Å². The van der Waals surface area contributed by atoms with Crippen LogP contribution in [0, 0.1) is 23.3 Å². The number of rotatable bonds is 3. The summed E-state index contributed by atoms with van der Waals surface area (Å²) < 4.78 is 83.1. The molecule has 0 N–H and O–H groups in total. The van der Waals surface area contributed by atoms with Crippen molar-refractivity contribution in [2.45, 2.75) is 4.90 Å². The molecule has 0 unspecified atom stereocenters. The summed E-state index contributed by atoms with van der Waals surface area (Å²) in [6.45, 7) is 0. The topological polar surface area (TPSA) is 69.3 Å². The molecule has 1 heterocycles. The minimum atomic E-state index is -4.16. The lowest BCUT2D eigenvalue weighted by Crippen LogP contribution is -2.14. The van der Waals surface area contributed by atoms with Crippen molar-refractivity contribution in [3.8, 4) is 16.9 Å². The van der Waals surface area contributed by atoms with Crippen LogP contribution >= 0.6 is 0 Å². The van der Waals surface area contributed by atoms with Crippen LogP contribution in [0.2, 0.25) is 0 Å². The maximum atomic E-state index is 14.1. The molecule has 0 bridgehead atoms. The minimum Gasteiger partial charge on any atom is -0.415 e. The molecular formula is C16H9F4NO4S. The highest BCUT2D eigenvalue weighted by Gasteiger charge is 2.23. The van der Waals surface area contributed by atoms with Gasteiger partial charge in [0.2, 0.25) is 0 Å². The van der Waals surface area contributed by atoms with E-state index in [2.05, 4.69) is 4.42 Å². The third-order valence-corrected chi connectivity index (χ3v) is 4.65. The van der Waals surface area contributed by atoms with Gasteiger partial charge in [-0.25, -0.2) is 35.3 Å². The van der Waals surface area contributed by atoms with Gasteiger partial charge in [0.05, 0.1) is 11.4 Å². The van der Waals surface area contributed by atoms with E-state index in [1.165, 1.54) is 0 Å². The third kappa shape index (κ3) is 3.03. The highest BCUT2D eigenvalue weighted by atomic mass is 32.2. The Morgan fingerprint density at radius 3 is 2.08 bits per heavy atom. The monoisotopic (exact) mass is 387 g/mol. The predicted molar refractivity (Wildman–Crippen MR) is 82.7 cm³/mol. The normalized spacial score (nSPS) is 11.7. The highest BCUT2D eigenvalue weighted by molar-refractivity contribution is 7.90. The molecule has 0 saturated heterocycles. The zero-order valence-electron chi connectivity index (χ0n) is 13.0. The van der Waals surface area contributed by atoms with Gasteiger partial charge >= 0.3 is 5.76 Å². The van der Waals surface area contributed by atoms with Crippen molar-refractivity contribution >= 4 is 9.84 Å². The van der Waals surface area contributed by atoms with Gasteiger partial charge in [0, 0.05) is 17.9 Å². The van der Waals surface area contributed by atoms with Gasteiger partial charge in [0.1, 0.15) is 22.8 Å². The van der Waals surface area contributed by atoms with E-state index in [4.69, 9.17) is 0 Å². The lowest BCUT2D eigenvalue weighted by atomic mass is 10.1. The molecule has 1 aromatic heterocycles. The SMILES string of the molecule is CS(=O)(=O)c1c(F)cc(-c2coc(=O)n2-c2ccc(F)c(F)c2)cc1F. The first-order chi connectivity index (χ1) is 12.1. The molecule has 26 heavy (non-hydrogen) atoms. The van der Waals surface area contributed by atoms with Crippen LogP contribution in [0.5, 0.6) is 0 Å². The van der Waals surface area contributed by atoms with Gasteiger partial charge in [-0.15, -0.1) is 0 Å². The summed E-state index contributed by atoms with van der Waals surface area (Å²) in [7, 11) is -4.16. The lowest BCUT2D eigenvalue weighted by molar-refractivity contribution is 0.498. The third-order valence-electron chi connectivity index (χ3n) is 3.52. The molecule has 0 saturated carbocycles. The number of aromatic nitrogens is 1. The first-order valence-electron chi connectivity index (χ1n) is 6.95. The Hall–Kier alpha value is -2.88. The zero-order valence-corrected chi connectivity index (χ0v) is 13.8. The Bertz CT molecular complexity index is 1160. The van der Waals surface area contributed by atoms with Crippen molar-refractivity contribution in [3.05, 3.63) is 70.4 Å². The second-order valence-electron chi connectivity index (χ2n) is 5.36. The van der Waals surface area contributed by atoms with E-state index in [9.17, 15) is 30.8 Å². The second-order valence-corrected chi connectivity index (χ2v) is 7.31. The zero-order chi connectivity index (χ0) is 19.2. The van der Waals surface area contributed by atoms with Crippen LogP contribution < -0.4 is 5.76 Å². The fraction of sp³-hybridized carbons (Fsp3) is 0.0625. The maximum absolute atomic E-state index is 14.1. The Morgan fingerprint density at radius 1 is 0.923 bits per heavy atom. The molecule has 2 aromatic carbocycles. The van der Waals surface area contributed by atoms with Crippen molar-refractivity contribution < 1.29 is 30.4 Å². The number of halogens is 4. The molecule has 0 fully saturated rings. The summed E-state index contributed by atoms with van der Waals surface area (Å²) >= 11 is 0. The lowest BCUT2D eigenvalue weighted by Gasteiger charge is -2.09. The molecule has 0 radical (unpaired) electrons. The molecule has 0 spiro atoms. The molecule has 0 atom stereocenters. The van der Waals surface area contributed by atoms with Gasteiger partial charge in [-0.1, -0.05) is 0 Å². The summed E-state index contributed by atoms with van der Waals surface area (Å²) in [5.41, 5.74) is -0.563. The van der Waals surface area contributed by atoms with Crippen LogP contribution in [0.25, 0.3) is 16.9 Å². The van der Waals surface area contributed by atoms with Gasteiger partial charge in [0.15, 0.2) is 21.5 Å². The van der Waals surface area contributed by atoms with E-state index in [-0.39, 0.29) is 16.9 Å². The fourth-order valence-corrected chi connectivity index (χ4v) is 3.26. The van der Waals surface area contributed by atoms with E-state index >= 15 is 0 Å². The molecule has 0 aliphatic rings. The number of oxazole rings is 1. The average Bonchev–Trinajstić information content (AvgIpc) is 2.89. The number of hydrogen-bond donors (Lipinski definition) is 0. The van der Waals surface area contributed by atoms with Crippen LogP contribution in [-0.2, 0) is 9.84 Å². The molecule has 0 aliphatic carbocycles. The molecule has 10 heteroatoms. The van der Waals surface area contributed by atoms with Crippen LogP contribution in [-0.4, -0.2) is 19.2 Å². The molecular weight excluding hydrogens is 378 g/mol. The number of sulfone groups is 1. The second kappa shape index (κ2) is 6.13. The standard InChI is InChI=1S/C16H9F4NO4S/c1-26(23,24)15-12(19)4-8(5-13(15)20)14-7-25-16(22)21(14)9-2-3-10(17)11(18)6-9/h2-7H,1H3. The van der Waals surface area contributed by atoms with E-state index in [0.717, 1.165) is 23.0 Å². The number of benzene rings is 2. The van der Waals surface area contributed by atoms with E-state index in [1.54, 1.807) is 0 Å². The molecule has 3 aromatic rings.